The van der Waals surface area contributed by atoms with E-state index in [1.54, 1.807) is 48.4 Å². The third-order valence-corrected chi connectivity index (χ3v) is 5.49. The summed E-state index contributed by atoms with van der Waals surface area (Å²) >= 11 is 0. The maximum Gasteiger partial charge on any atom is 0.240 e. The van der Waals surface area contributed by atoms with Crippen LogP contribution in [0, 0.1) is 5.92 Å². The van der Waals surface area contributed by atoms with Gasteiger partial charge in [-0.05, 0) is 30.0 Å². The van der Waals surface area contributed by atoms with Gasteiger partial charge in [0.05, 0.1) is 12.5 Å². The minimum Gasteiger partial charge on any atom is -0.497 e. The fourth-order valence-electron chi connectivity index (χ4n) is 3.75. The molecule has 1 aliphatic rings. The number of amides is 3. The molecule has 0 bridgehead atoms. The first-order valence-corrected chi connectivity index (χ1v) is 10.3. The summed E-state index contributed by atoms with van der Waals surface area (Å²) in [5, 5.41) is 0. The number of ether oxygens (including phenoxy) is 1. The smallest absolute Gasteiger partial charge is 0.240 e. The summed E-state index contributed by atoms with van der Waals surface area (Å²) in [6, 6.07) is 7.05. The van der Waals surface area contributed by atoms with Gasteiger partial charge in [-0.25, -0.2) is 0 Å². The van der Waals surface area contributed by atoms with E-state index in [9.17, 15) is 14.4 Å². The second kappa shape index (κ2) is 10.2. The molecule has 3 amide bonds. The quantitative estimate of drug-likeness (QED) is 0.413. The molecule has 6 nitrogen and oxygen atoms in total. The van der Waals surface area contributed by atoms with Crippen molar-refractivity contribution in [1.29, 1.82) is 0 Å². The zero-order chi connectivity index (χ0) is 22.3. The molecule has 6 heteroatoms. The van der Waals surface area contributed by atoms with Crippen molar-refractivity contribution < 1.29 is 19.1 Å². The highest BCUT2D eigenvalue weighted by Gasteiger charge is 2.53. The third kappa shape index (κ3) is 4.99. The Balaban J connectivity index is 2.43. The summed E-state index contributed by atoms with van der Waals surface area (Å²) in [5.74, 6) is 0.261. The molecule has 1 aromatic rings. The lowest BCUT2D eigenvalue weighted by Gasteiger charge is -2.30. The molecule has 0 saturated carbocycles. The predicted molar refractivity (Wildman–Crippen MR) is 117 cm³/mol. The number of carbonyl (C=O) groups excluding carboxylic acids is 3. The number of methoxy groups -OCH3 is 1. The molecule has 1 heterocycles. The van der Waals surface area contributed by atoms with Gasteiger partial charge in [-0.2, -0.15) is 0 Å². The summed E-state index contributed by atoms with van der Waals surface area (Å²) in [4.78, 5) is 42.4. The zero-order valence-electron chi connectivity index (χ0n) is 18.2. The SMILES string of the molecule is C=CCN(CC=C)C(=O)C[C@@]1(c2ccc(OC)cc2)CC(=O)N(CCC(C)C)C1=O. The van der Waals surface area contributed by atoms with Crippen molar-refractivity contribution >= 4 is 17.7 Å². The van der Waals surface area contributed by atoms with Crippen LogP contribution in [0.3, 0.4) is 0 Å². The average molecular weight is 413 g/mol. The number of benzene rings is 1. The first-order chi connectivity index (χ1) is 14.3. The fourth-order valence-corrected chi connectivity index (χ4v) is 3.75. The van der Waals surface area contributed by atoms with E-state index in [2.05, 4.69) is 13.2 Å². The highest BCUT2D eigenvalue weighted by Crippen LogP contribution is 2.41. The van der Waals surface area contributed by atoms with Crippen LogP contribution in [0.5, 0.6) is 5.75 Å². The fraction of sp³-hybridized carbons (Fsp3) is 0.458. The monoisotopic (exact) mass is 412 g/mol. The predicted octanol–water partition coefficient (Wildman–Crippen LogP) is 3.33. The van der Waals surface area contributed by atoms with Gasteiger partial charge < -0.3 is 9.64 Å². The molecule has 0 aliphatic carbocycles. The largest absolute Gasteiger partial charge is 0.497 e. The van der Waals surface area contributed by atoms with Gasteiger partial charge in [0.2, 0.25) is 17.7 Å². The van der Waals surface area contributed by atoms with Crippen LogP contribution in [-0.2, 0) is 19.8 Å². The summed E-state index contributed by atoms with van der Waals surface area (Å²) in [6.07, 6.45) is 3.90. The second-order valence-electron chi connectivity index (χ2n) is 8.07. The molecule has 1 fully saturated rings. The molecule has 162 valence electrons. The number of hydrogen-bond acceptors (Lipinski definition) is 4. The lowest BCUT2D eigenvalue weighted by molar-refractivity contribution is -0.142. The molecule has 1 atom stereocenters. The Hall–Kier alpha value is -2.89. The molecule has 1 aliphatic heterocycles. The van der Waals surface area contributed by atoms with Crippen molar-refractivity contribution in [3.05, 3.63) is 55.1 Å². The van der Waals surface area contributed by atoms with Gasteiger partial charge in [-0.15, -0.1) is 13.2 Å². The van der Waals surface area contributed by atoms with Gasteiger partial charge in [0.25, 0.3) is 0 Å². The average Bonchev–Trinajstić information content (AvgIpc) is 2.96. The standard InChI is InChI=1S/C24H32N2O4/c1-6-13-25(14-7-2)21(27)16-24(19-8-10-20(30-5)11-9-19)17-22(28)26(23(24)29)15-12-18(3)4/h6-11,18H,1-2,12-17H2,3-5H3/t24-/m0/s1. The topological polar surface area (TPSA) is 66.9 Å². The highest BCUT2D eigenvalue weighted by molar-refractivity contribution is 6.10. The Kier molecular flexibility index (Phi) is 7.98. The number of hydrogen-bond donors (Lipinski definition) is 0. The van der Waals surface area contributed by atoms with Crippen LogP contribution in [0.25, 0.3) is 0 Å². The molecule has 0 spiro atoms. The van der Waals surface area contributed by atoms with Crippen molar-refractivity contribution in [3.8, 4) is 5.75 Å². The van der Waals surface area contributed by atoms with E-state index in [1.165, 1.54) is 4.90 Å². The highest BCUT2D eigenvalue weighted by atomic mass is 16.5. The lowest BCUT2D eigenvalue weighted by Crippen LogP contribution is -2.44. The zero-order valence-corrected chi connectivity index (χ0v) is 18.2. The van der Waals surface area contributed by atoms with Crippen molar-refractivity contribution in [2.75, 3.05) is 26.7 Å². The first kappa shape index (κ1) is 23.4. The van der Waals surface area contributed by atoms with Gasteiger partial charge >= 0.3 is 0 Å². The summed E-state index contributed by atoms with van der Waals surface area (Å²) in [5.41, 5.74) is -0.558. The van der Waals surface area contributed by atoms with Crippen LogP contribution in [-0.4, -0.2) is 54.3 Å². The Labute approximate surface area is 179 Å². The third-order valence-electron chi connectivity index (χ3n) is 5.49. The molecular weight excluding hydrogens is 380 g/mol. The molecular formula is C24H32N2O4. The number of nitrogens with zero attached hydrogens (tertiary/aromatic N) is 2. The van der Waals surface area contributed by atoms with E-state index >= 15 is 0 Å². The van der Waals surface area contributed by atoms with Gasteiger partial charge in [0, 0.05) is 32.5 Å². The number of imide groups is 1. The number of likely N-dealkylation sites (tertiary alicyclic amines) is 1. The number of carbonyl (C=O) groups is 3. The van der Waals surface area contributed by atoms with Crippen LogP contribution >= 0.6 is 0 Å². The van der Waals surface area contributed by atoms with Crippen LogP contribution in [0.2, 0.25) is 0 Å². The van der Waals surface area contributed by atoms with E-state index in [0.29, 0.717) is 36.9 Å². The van der Waals surface area contributed by atoms with Crippen molar-refractivity contribution in [1.82, 2.24) is 9.80 Å². The van der Waals surface area contributed by atoms with Crippen LogP contribution in [0.15, 0.2) is 49.6 Å². The van der Waals surface area contributed by atoms with Crippen molar-refractivity contribution in [2.24, 2.45) is 5.92 Å². The van der Waals surface area contributed by atoms with E-state index in [-0.39, 0.29) is 30.6 Å². The van der Waals surface area contributed by atoms with E-state index in [0.717, 1.165) is 6.42 Å². The van der Waals surface area contributed by atoms with E-state index in [1.807, 2.05) is 13.8 Å². The van der Waals surface area contributed by atoms with Crippen LogP contribution in [0.4, 0.5) is 0 Å². The molecule has 0 N–H and O–H groups in total. The van der Waals surface area contributed by atoms with E-state index in [4.69, 9.17) is 4.74 Å². The molecule has 0 unspecified atom stereocenters. The first-order valence-electron chi connectivity index (χ1n) is 10.3. The molecule has 1 saturated heterocycles. The second-order valence-corrected chi connectivity index (χ2v) is 8.07. The van der Waals surface area contributed by atoms with Gasteiger partial charge in [0.1, 0.15) is 5.75 Å². The van der Waals surface area contributed by atoms with Gasteiger partial charge in [-0.1, -0.05) is 38.1 Å². The van der Waals surface area contributed by atoms with Crippen molar-refractivity contribution in [2.45, 2.75) is 38.5 Å². The Morgan fingerprint density at radius 2 is 1.80 bits per heavy atom. The normalized spacial score (nSPS) is 18.6. The maximum atomic E-state index is 13.5. The number of rotatable bonds is 11. The minimum atomic E-state index is -1.21. The molecule has 1 aromatic carbocycles. The Morgan fingerprint density at radius 1 is 1.20 bits per heavy atom. The molecule has 0 radical (unpaired) electrons. The minimum absolute atomic E-state index is 0.0159. The summed E-state index contributed by atoms with van der Waals surface area (Å²) in [6.45, 7) is 12.6. The molecule has 2 rings (SSSR count). The van der Waals surface area contributed by atoms with Crippen LogP contribution < -0.4 is 4.74 Å². The molecule has 0 aromatic heterocycles. The van der Waals surface area contributed by atoms with E-state index < -0.39 is 5.41 Å². The summed E-state index contributed by atoms with van der Waals surface area (Å²) in [7, 11) is 1.56. The van der Waals surface area contributed by atoms with Gasteiger partial charge in [0.15, 0.2) is 0 Å². The van der Waals surface area contributed by atoms with Crippen molar-refractivity contribution in [3.63, 3.8) is 0 Å². The Morgan fingerprint density at radius 3 is 2.30 bits per heavy atom. The Bertz CT molecular complexity index is 790. The summed E-state index contributed by atoms with van der Waals surface area (Å²) < 4.78 is 5.22. The van der Waals surface area contributed by atoms with Crippen LogP contribution in [0.1, 0.15) is 38.7 Å². The lowest BCUT2D eigenvalue weighted by atomic mass is 9.75. The molecule has 30 heavy (non-hydrogen) atoms. The maximum absolute atomic E-state index is 13.5. The van der Waals surface area contributed by atoms with Gasteiger partial charge in [-0.3, -0.25) is 19.3 Å².